The topological polar surface area (TPSA) is 575 Å². The van der Waals surface area contributed by atoms with E-state index in [0.717, 1.165) is 62.3 Å². The van der Waals surface area contributed by atoms with Gasteiger partial charge in [0, 0.05) is 120 Å². The lowest BCUT2D eigenvalue weighted by Crippen LogP contribution is -2.72. The highest BCUT2D eigenvalue weighted by molar-refractivity contribution is 7.44. The van der Waals surface area contributed by atoms with Crippen molar-refractivity contribution in [1.82, 2.24) is 46.8 Å². The predicted octanol–water partition coefficient (Wildman–Crippen LogP) is -0.423. The number of esters is 8. The van der Waals surface area contributed by atoms with E-state index in [1.54, 1.807) is 24.3 Å². The Morgan fingerprint density at radius 2 is 0.962 bits per heavy atom. The molecular weight excluding hydrogens is 1760 g/mol. The highest BCUT2D eigenvalue weighted by atomic mass is 31.2. The van der Waals surface area contributed by atoms with Crippen molar-refractivity contribution in [3.05, 3.63) is 35.4 Å². The number of carbonyl (C=O) groups is 15. The molecule has 8 N–H and O–H groups in total. The molecule has 46 nitrogen and oxygen atoms in total. The third-order valence-electron chi connectivity index (χ3n) is 19.9. The molecule has 3 saturated heterocycles. The minimum absolute atomic E-state index is 0.101. The van der Waals surface area contributed by atoms with Crippen molar-refractivity contribution in [2.45, 2.75) is 272 Å². The number of amides is 7. The Morgan fingerprint density at radius 1 is 0.511 bits per heavy atom. The first-order valence-corrected chi connectivity index (χ1v) is 44.3. The molecule has 17 atom stereocenters. The van der Waals surface area contributed by atoms with Gasteiger partial charge in [0.1, 0.15) is 43.6 Å². The van der Waals surface area contributed by atoms with Gasteiger partial charge in [-0.1, -0.05) is 24.3 Å². The number of nitrogens with one attached hydrogen (secondary N) is 7. The van der Waals surface area contributed by atoms with Gasteiger partial charge in [-0.3, -0.25) is 76.8 Å². The van der Waals surface area contributed by atoms with Crippen molar-refractivity contribution < 1.29 is 171 Å². The fourth-order valence-corrected chi connectivity index (χ4v) is 16.4. The van der Waals surface area contributed by atoms with Crippen LogP contribution in [0.2, 0.25) is 0 Å². The van der Waals surface area contributed by atoms with E-state index >= 15 is 4.79 Å². The van der Waals surface area contributed by atoms with Gasteiger partial charge < -0.3 is 137 Å². The summed E-state index contributed by atoms with van der Waals surface area (Å²) in [7, 11) is -1.49. The first-order chi connectivity index (χ1) is 62.1. The number of nitriles is 1. The molecule has 1 saturated carbocycles. The van der Waals surface area contributed by atoms with Crippen LogP contribution in [-0.2, 0) is 179 Å². The zero-order valence-electron chi connectivity index (χ0n) is 77.2. The molecule has 4 aliphatic rings. The summed E-state index contributed by atoms with van der Waals surface area (Å²) in [5.41, 5.74) is -0.789. The van der Waals surface area contributed by atoms with Crippen molar-refractivity contribution in [2.24, 2.45) is 5.92 Å². The largest absolute Gasteiger partial charge is 0.463 e. The molecule has 3 aliphatic heterocycles. The molecule has 738 valence electrons. The number of ether oxygens (including phenoxy) is 18. The van der Waals surface area contributed by atoms with E-state index in [1.807, 2.05) is 0 Å². The Labute approximate surface area is 762 Å². The molecule has 131 heavy (non-hydrogen) atoms. The average molecular weight is 1890 g/mol. The van der Waals surface area contributed by atoms with Gasteiger partial charge in [0.25, 0.3) is 8.53 Å². The van der Waals surface area contributed by atoms with Crippen molar-refractivity contribution in [3.63, 3.8) is 0 Å². The third-order valence-corrected chi connectivity index (χ3v) is 22.0. The number of hydrogen-bond acceptors (Lipinski definition) is 39. The van der Waals surface area contributed by atoms with Gasteiger partial charge in [-0.25, -0.2) is 4.67 Å². The first-order valence-electron chi connectivity index (χ1n) is 43.2. The molecule has 0 aromatic heterocycles. The number of hydrogen-bond donors (Lipinski definition) is 8. The SMILES string of the molecule is CC(=O)NC1C(OCCOCCNC(=O)C(Cc2ccc(CNC(=O)C3CCC(OP(OCCC#N)N(C(C)C)C(C)C)CC3)cc2)N(CC(=O)NCCOCCOC2OC(COC(C)O)C(OC(C)=O)C(OC(C)=O)C2NC(C)=O)CC(=O)NCCOCCO[C@]2(NC(C)=O)COC(COC(C)=O)C(OC(C)=O)C2OC(C)=O)OC(COC(C)=O)C(OC(C)=O)C1OC(C)=O. The van der Waals surface area contributed by atoms with Gasteiger partial charge in [-0.2, -0.15) is 5.26 Å². The highest BCUT2D eigenvalue weighted by Gasteiger charge is 2.58. The van der Waals surface area contributed by atoms with Crippen molar-refractivity contribution in [2.75, 3.05) is 125 Å². The van der Waals surface area contributed by atoms with Crippen LogP contribution in [-0.4, -0.2) is 345 Å². The Morgan fingerprint density at radius 3 is 1.41 bits per heavy atom. The molecule has 1 aromatic rings. The van der Waals surface area contributed by atoms with Crippen LogP contribution in [0.3, 0.4) is 0 Å². The fourth-order valence-electron chi connectivity index (χ4n) is 14.6. The maximum Gasteiger partial charge on any atom is 0.303 e. The van der Waals surface area contributed by atoms with Gasteiger partial charge in [0.05, 0.1) is 117 Å². The number of aliphatic hydroxyl groups excluding tert-OH is 1. The summed E-state index contributed by atoms with van der Waals surface area (Å²) >= 11 is 0. The molecule has 7 amide bonds. The number of nitrogens with zero attached hydrogens (tertiary/aromatic N) is 3. The van der Waals surface area contributed by atoms with Gasteiger partial charge in [0.2, 0.25) is 47.1 Å². The van der Waals surface area contributed by atoms with E-state index in [0.29, 0.717) is 36.8 Å². The van der Waals surface area contributed by atoms with Gasteiger partial charge in [0.15, 0.2) is 55.5 Å². The van der Waals surface area contributed by atoms with Gasteiger partial charge >= 0.3 is 47.8 Å². The molecular formula is C84H131N10O36P. The van der Waals surface area contributed by atoms with E-state index in [9.17, 15) is 77.5 Å². The van der Waals surface area contributed by atoms with Crippen LogP contribution in [0.5, 0.6) is 0 Å². The lowest BCUT2D eigenvalue weighted by Gasteiger charge is -2.48. The van der Waals surface area contributed by atoms with E-state index in [4.69, 9.17) is 94.3 Å². The van der Waals surface area contributed by atoms with Crippen molar-refractivity contribution >= 4 is 97.6 Å². The van der Waals surface area contributed by atoms with Gasteiger partial charge in [-0.05, 0) is 77.8 Å². The Kier molecular flexibility index (Phi) is 50.1. The summed E-state index contributed by atoms with van der Waals surface area (Å²) in [6, 6.07) is 5.35. The first kappa shape index (κ1) is 112. The summed E-state index contributed by atoms with van der Waals surface area (Å²) in [4.78, 5) is 195. The number of carbonyl (C=O) groups excluding carboxylic acids is 15. The zero-order chi connectivity index (χ0) is 97.0. The quantitative estimate of drug-likeness (QED) is 0.0135. The molecule has 16 unspecified atom stereocenters. The lowest BCUT2D eigenvalue weighted by molar-refractivity contribution is -0.285. The Balaban J connectivity index is 1.40. The normalized spacial score (nSPS) is 24.3. The second-order valence-electron chi connectivity index (χ2n) is 31.6. The maximum atomic E-state index is 15.0. The smallest absolute Gasteiger partial charge is 0.303 e. The number of rotatable bonds is 56. The Bertz CT molecular complexity index is 3890. The summed E-state index contributed by atoms with van der Waals surface area (Å²) < 4.78 is 118. The van der Waals surface area contributed by atoms with E-state index in [-0.39, 0.29) is 142 Å². The molecule has 0 spiro atoms. The van der Waals surface area contributed by atoms with E-state index in [2.05, 4.69) is 75.7 Å². The van der Waals surface area contributed by atoms with Crippen LogP contribution in [0.15, 0.2) is 24.3 Å². The average Bonchev–Trinajstić information content (AvgIpc) is 0.756. The predicted molar refractivity (Wildman–Crippen MR) is 452 cm³/mol. The minimum Gasteiger partial charge on any atom is -0.463 e. The standard InChI is InChI=1S/C84H131N10O36P/c1-48(2)94(49(3)4)131(121-30-17-26-85)130-65-24-22-64(23-25-65)80(109)89-41-63-20-18-62(19-21-63)40-66(81(110)88-29-33-112-35-38-115-83-73(91-51(6)96)78(126-60(15)105)75(123-57(12)102)69(129-83)46-118-55(10)100)93(42-70(107)86-27-31-111-34-37-114-82-72(90-50(5)95)77(125-59(14)104)74(122-56(11)101)68(128-82)45-117-54(9)99)43-71(108)87-28-32-113-36-39-120-84(92-52(7)97)47-119-67(44-116-53(8)98)76(124-58(13)103)79(84)127-61(16)106/h18-21,48-49,54,64-69,72-79,82-83,99H,17,22-25,27-47H2,1-16H3,(H,86,107)(H,87,108)(H,88,110)(H,89,109)(H,90,95)(H,91,96)(H,92,97)/t54?,64?,65?,66?,67?,68?,69?,72?,73?,74?,75?,76?,77?,78?,79?,82?,83?,84-,131?/m1/s1. The van der Waals surface area contributed by atoms with Crippen LogP contribution < -0.4 is 37.2 Å². The lowest BCUT2D eigenvalue weighted by atomic mass is 9.87. The zero-order valence-corrected chi connectivity index (χ0v) is 78.1. The summed E-state index contributed by atoms with van der Waals surface area (Å²) in [6.45, 7) is 16.5. The number of aliphatic hydroxyl groups is 1. The van der Waals surface area contributed by atoms with E-state index in [1.165, 1.54) is 25.7 Å². The van der Waals surface area contributed by atoms with Crippen LogP contribution >= 0.6 is 8.53 Å². The monoisotopic (exact) mass is 1890 g/mol. The van der Waals surface area contributed by atoms with Crippen LogP contribution in [0.25, 0.3) is 0 Å². The summed E-state index contributed by atoms with van der Waals surface area (Å²) in [5, 5.41) is 38.4. The van der Waals surface area contributed by atoms with Gasteiger partial charge in [-0.15, -0.1) is 0 Å². The third kappa shape index (κ3) is 40.9. The highest BCUT2D eigenvalue weighted by Crippen LogP contribution is 2.49. The Hall–Kier alpha value is -9.41. The minimum atomic E-state index is -2.00. The molecule has 5 rings (SSSR count). The van der Waals surface area contributed by atoms with Crippen LogP contribution in [0, 0.1) is 17.2 Å². The van der Waals surface area contributed by atoms with Crippen molar-refractivity contribution in [3.8, 4) is 6.07 Å². The molecule has 3 heterocycles. The molecule has 1 aliphatic carbocycles. The fraction of sp³-hybridized carbons (Fsp3) is 0.738. The van der Waals surface area contributed by atoms with E-state index < -0.39 is 222 Å². The molecule has 47 heteroatoms. The maximum absolute atomic E-state index is 15.0. The molecule has 0 bridgehead atoms. The second-order valence-corrected chi connectivity index (χ2v) is 33.0. The molecule has 1 aromatic carbocycles. The molecule has 4 fully saturated rings. The summed E-state index contributed by atoms with van der Waals surface area (Å²) in [6.07, 6.45) is -14.2. The van der Waals surface area contributed by atoms with Crippen molar-refractivity contribution in [1.29, 1.82) is 5.26 Å². The second kappa shape index (κ2) is 58.6. The van der Waals surface area contributed by atoms with Crippen LogP contribution in [0.4, 0.5) is 0 Å². The number of benzene rings is 1. The molecule has 0 radical (unpaired) electrons. The van der Waals surface area contributed by atoms with Crippen LogP contribution in [0.1, 0.15) is 154 Å². The summed E-state index contributed by atoms with van der Waals surface area (Å²) in [5.74, 6) is -10.9.